The van der Waals surface area contributed by atoms with Crippen molar-refractivity contribution >= 4 is 29.0 Å². The molecule has 33 heavy (non-hydrogen) atoms. The molecule has 5 aromatic rings. The number of nitrogens with zero attached hydrogens (tertiary/aromatic N) is 6. The predicted octanol–water partition coefficient (Wildman–Crippen LogP) is 2.35. The highest BCUT2D eigenvalue weighted by molar-refractivity contribution is 5.90. The van der Waals surface area contributed by atoms with E-state index < -0.39 is 5.91 Å². The monoisotopic (exact) mass is 445 g/mol. The van der Waals surface area contributed by atoms with Crippen molar-refractivity contribution in [3.8, 4) is 22.8 Å². The molecule has 0 fully saturated rings. The SMILES string of the molecule is Nc1nonc1-c1nc2ccccc2n1CC(=O)NN=Cc1cn[nH]c1-c1ccc(F)cc1. The molecule has 0 aliphatic carbocycles. The van der Waals surface area contributed by atoms with Gasteiger partial charge in [0.1, 0.15) is 12.4 Å². The van der Waals surface area contributed by atoms with Gasteiger partial charge in [-0.3, -0.25) is 9.89 Å². The Kier molecular flexibility index (Phi) is 5.07. The van der Waals surface area contributed by atoms with E-state index in [1.54, 1.807) is 22.9 Å². The molecule has 12 heteroatoms. The maximum atomic E-state index is 13.2. The van der Waals surface area contributed by atoms with E-state index >= 15 is 0 Å². The average Bonchev–Trinajstić information content (AvgIpc) is 3.53. The zero-order valence-electron chi connectivity index (χ0n) is 16.9. The number of H-pyrrole nitrogens is 1. The molecular weight excluding hydrogens is 429 g/mol. The van der Waals surface area contributed by atoms with Crippen LogP contribution in [0.4, 0.5) is 10.2 Å². The Labute approximate surface area is 185 Å². The van der Waals surface area contributed by atoms with Gasteiger partial charge in [0.2, 0.25) is 0 Å². The zero-order chi connectivity index (χ0) is 22.8. The Morgan fingerprint density at radius 3 is 2.82 bits per heavy atom. The molecule has 0 aliphatic rings. The van der Waals surface area contributed by atoms with Gasteiger partial charge in [-0.25, -0.2) is 19.4 Å². The lowest BCUT2D eigenvalue weighted by atomic mass is 10.1. The van der Waals surface area contributed by atoms with Crippen LogP contribution in [0.25, 0.3) is 33.8 Å². The smallest absolute Gasteiger partial charge is 0.260 e. The molecule has 5 rings (SSSR count). The van der Waals surface area contributed by atoms with Crippen molar-refractivity contribution in [1.82, 2.24) is 35.5 Å². The molecule has 3 heterocycles. The number of hydrazone groups is 1. The number of para-hydroxylation sites is 2. The molecule has 164 valence electrons. The summed E-state index contributed by atoms with van der Waals surface area (Å²) in [5.74, 6) is -0.325. The minimum absolute atomic E-state index is 0.0678. The molecule has 0 radical (unpaired) electrons. The first-order chi connectivity index (χ1) is 16.1. The summed E-state index contributed by atoms with van der Waals surface area (Å²) in [6, 6.07) is 13.2. The van der Waals surface area contributed by atoms with E-state index in [9.17, 15) is 9.18 Å². The van der Waals surface area contributed by atoms with E-state index in [2.05, 4.69) is 40.7 Å². The molecule has 2 aromatic carbocycles. The lowest BCUT2D eigenvalue weighted by Gasteiger charge is -2.06. The second-order valence-electron chi connectivity index (χ2n) is 7.01. The van der Waals surface area contributed by atoms with Crippen LogP contribution in [0.2, 0.25) is 0 Å². The highest BCUT2D eigenvalue weighted by Crippen LogP contribution is 2.26. The maximum absolute atomic E-state index is 13.2. The standard InChI is InChI=1S/C21H16FN9O2/c22-14-7-5-12(6-8-14)18-13(10-25-28-18)9-24-27-17(32)11-31-16-4-2-1-3-15(16)26-21(31)19-20(23)30-33-29-19/h1-10H,11H2,(H2,23,30)(H,25,28)(H,27,32). The molecule has 0 spiro atoms. The van der Waals surface area contributed by atoms with Crippen LogP contribution in [0, 0.1) is 5.82 Å². The summed E-state index contributed by atoms with van der Waals surface area (Å²) >= 11 is 0. The van der Waals surface area contributed by atoms with Gasteiger partial charge in [0.05, 0.1) is 29.1 Å². The molecule has 3 aromatic heterocycles. The van der Waals surface area contributed by atoms with Crippen LogP contribution in [0.1, 0.15) is 5.56 Å². The number of hydrogen-bond donors (Lipinski definition) is 3. The van der Waals surface area contributed by atoms with Gasteiger partial charge in [-0.15, -0.1) is 0 Å². The van der Waals surface area contributed by atoms with Gasteiger partial charge < -0.3 is 10.3 Å². The Morgan fingerprint density at radius 2 is 2.03 bits per heavy atom. The molecule has 1 amide bonds. The van der Waals surface area contributed by atoms with Gasteiger partial charge in [-0.2, -0.15) is 10.2 Å². The number of amides is 1. The summed E-state index contributed by atoms with van der Waals surface area (Å²) in [4.78, 5) is 17.2. The molecule has 0 saturated heterocycles. The molecule has 0 saturated carbocycles. The number of carbonyl (C=O) groups is 1. The second kappa shape index (κ2) is 8.34. The average molecular weight is 445 g/mol. The molecule has 0 atom stereocenters. The number of nitrogens with one attached hydrogen (secondary N) is 2. The second-order valence-corrected chi connectivity index (χ2v) is 7.01. The van der Waals surface area contributed by atoms with Gasteiger partial charge in [0.25, 0.3) is 5.91 Å². The van der Waals surface area contributed by atoms with Crippen molar-refractivity contribution in [1.29, 1.82) is 0 Å². The topological polar surface area (TPSA) is 153 Å². The first-order valence-electron chi connectivity index (χ1n) is 9.75. The van der Waals surface area contributed by atoms with Crippen LogP contribution in [0.3, 0.4) is 0 Å². The molecule has 4 N–H and O–H groups in total. The number of imidazole rings is 1. The number of benzene rings is 2. The third kappa shape index (κ3) is 3.92. The van der Waals surface area contributed by atoms with Gasteiger partial charge in [-0.05, 0) is 46.7 Å². The number of fused-ring (bicyclic) bond motifs is 1. The third-order valence-corrected chi connectivity index (χ3v) is 4.88. The number of hydrogen-bond acceptors (Lipinski definition) is 8. The molecule has 0 bridgehead atoms. The fourth-order valence-corrected chi connectivity index (χ4v) is 3.36. The number of nitrogens with two attached hydrogens (primary N) is 1. The number of anilines is 1. The normalized spacial score (nSPS) is 11.4. The van der Waals surface area contributed by atoms with E-state index in [-0.39, 0.29) is 23.9 Å². The van der Waals surface area contributed by atoms with Gasteiger partial charge in [0.15, 0.2) is 17.3 Å². The summed E-state index contributed by atoms with van der Waals surface area (Å²) in [5, 5.41) is 18.2. The highest BCUT2D eigenvalue weighted by Gasteiger charge is 2.20. The van der Waals surface area contributed by atoms with Crippen LogP contribution in [-0.4, -0.2) is 42.2 Å². The minimum atomic E-state index is -0.405. The predicted molar refractivity (Wildman–Crippen MR) is 117 cm³/mol. The van der Waals surface area contributed by atoms with Crippen LogP contribution >= 0.6 is 0 Å². The zero-order valence-corrected chi connectivity index (χ0v) is 16.9. The van der Waals surface area contributed by atoms with Crippen LogP contribution < -0.4 is 11.2 Å². The van der Waals surface area contributed by atoms with Crippen molar-refractivity contribution in [3.05, 3.63) is 66.1 Å². The fourth-order valence-electron chi connectivity index (χ4n) is 3.36. The quantitative estimate of drug-likeness (QED) is 0.268. The Morgan fingerprint density at radius 1 is 1.21 bits per heavy atom. The maximum Gasteiger partial charge on any atom is 0.260 e. The lowest BCUT2D eigenvalue weighted by molar-refractivity contribution is -0.121. The fraction of sp³-hybridized carbons (Fsp3) is 0.0476. The van der Waals surface area contributed by atoms with E-state index in [4.69, 9.17) is 5.73 Å². The summed E-state index contributed by atoms with van der Waals surface area (Å²) in [7, 11) is 0. The largest absolute Gasteiger partial charge is 0.379 e. The molecular formula is C21H16FN9O2. The van der Waals surface area contributed by atoms with E-state index in [1.807, 2.05) is 24.3 Å². The molecule has 0 aliphatic heterocycles. The minimum Gasteiger partial charge on any atom is -0.379 e. The number of carbonyl (C=O) groups excluding carboxylic acids is 1. The van der Waals surface area contributed by atoms with Crippen LogP contribution in [0.15, 0.2) is 64.5 Å². The van der Waals surface area contributed by atoms with Crippen molar-refractivity contribution in [2.75, 3.05) is 5.73 Å². The van der Waals surface area contributed by atoms with Gasteiger partial charge in [0, 0.05) is 11.1 Å². The summed E-state index contributed by atoms with van der Waals surface area (Å²) in [6.07, 6.45) is 3.00. The van der Waals surface area contributed by atoms with Crippen molar-refractivity contribution < 1.29 is 13.8 Å². The van der Waals surface area contributed by atoms with E-state index in [0.717, 1.165) is 5.56 Å². The van der Waals surface area contributed by atoms with Crippen LogP contribution in [-0.2, 0) is 11.3 Å². The number of rotatable bonds is 6. The van der Waals surface area contributed by atoms with Crippen molar-refractivity contribution in [2.45, 2.75) is 6.54 Å². The lowest BCUT2D eigenvalue weighted by Crippen LogP contribution is -2.23. The molecule has 11 nitrogen and oxygen atoms in total. The van der Waals surface area contributed by atoms with Crippen molar-refractivity contribution in [2.24, 2.45) is 5.10 Å². The van der Waals surface area contributed by atoms with E-state index in [1.165, 1.54) is 18.3 Å². The van der Waals surface area contributed by atoms with Crippen LogP contribution in [0.5, 0.6) is 0 Å². The number of aromatic amines is 1. The number of aromatic nitrogens is 6. The molecule has 0 unspecified atom stereocenters. The summed E-state index contributed by atoms with van der Waals surface area (Å²) in [6.45, 7) is -0.101. The van der Waals surface area contributed by atoms with E-state index in [0.29, 0.717) is 28.1 Å². The summed E-state index contributed by atoms with van der Waals surface area (Å²) < 4.78 is 19.5. The summed E-state index contributed by atoms with van der Waals surface area (Å²) in [5.41, 5.74) is 11.9. The number of halogens is 1. The van der Waals surface area contributed by atoms with Crippen molar-refractivity contribution in [3.63, 3.8) is 0 Å². The number of nitrogen functional groups attached to an aromatic ring is 1. The Balaban J connectivity index is 1.36. The first kappa shape index (κ1) is 20.1. The highest BCUT2D eigenvalue weighted by atomic mass is 19.1. The Hall–Kier alpha value is -4.87. The Bertz CT molecular complexity index is 1470. The van der Waals surface area contributed by atoms with Gasteiger partial charge >= 0.3 is 0 Å². The van der Waals surface area contributed by atoms with Gasteiger partial charge in [-0.1, -0.05) is 12.1 Å². The third-order valence-electron chi connectivity index (χ3n) is 4.88. The first-order valence-corrected chi connectivity index (χ1v) is 9.75.